The highest BCUT2D eigenvalue weighted by molar-refractivity contribution is 7.98. The molecular formula is C23H25N3O3S2. The number of thioether (sulfide) groups is 1. The normalized spacial score (nSPS) is 11.2. The van der Waals surface area contributed by atoms with E-state index < -0.39 is 10.0 Å². The molecule has 6 nitrogen and oxygen atoms in total. The number of amides is 2. The van der Waals surface area contributed by atoms with Crippen molar-refractivity contribution in [2.24, 2.45) is 5.14 Å². The molecule has 162 valence electrons. The van der Waals surface area contributed by atoms with E-state index in [-0.39, 0.29) is 10.9 Å². The Morgan fingerprint density at radius 2 is 1.42 bits per heavy atom. The van der Waals surface area contributed by atoms with Crippen LogP contribution in [-0.4, -0.2) is 25.6 Å². The molecule has 2 amide bonds. The maximum atomic E-state index is 13.1. The van der Waals surface area contributed by atoms with Gasteiger partial charge in [-0.15, -0.1) is 11.8 Å². The molecule has 0 heterocycles. The molecule has 0 saturated heterocycles. The van der Waals surface area contributed by atoms with Crippen LogP contribution in [-0.2, 0) is 23.1 Å². The molecule has 8 heteroatoms. The molecule has 0 aliphatic rings. The number of nitrogens with zero attached hydrogens (tertiary/aromatic N) is 1. The van der Waals surface area contributed by atoms with Crippen LogP contribution in [0.25, 0.3) is 0 Å². The topological polar surface area (TPSA) is 92.5 Å². The Kier molecular flexibility index (Phi) is 7.37. The third kappa shape index (κ3) is 6.58. The molecule has 0 unspecified atom stereocenters. The van der Waals surface area contributed by atoms with Crippen LogP contribution in [0.15, 0.2) is 82.6 Å². The molecule has 0 atom stereocenters. The number of hydrogen-bond donors (Lipinski definition) is 2. The minimum Gasteiger partial charge on any atom is -0.316 e. The van der Waals surface area contributed by atoms with E-state index in [4.69, 9.17) is 5.14 Å². The third-order valence-corrected chi connectivity index (χ3v) is 6.42. The fraction of sp³-hybridized carbons (Fsp3) is 0.174. The quantitative estimate of drug-likeness (QED) is 0.509. The van der Waals surface area contributed by atoms with E-state index in [1.54, 1.807) is 28.8 Å². The lowest BCUT2D eigenvalue weighted by atomic mass is 10.1. The van der Waals surface area contributed by atoms with Gasteiger partial charge in [-0.25, -0.2) is 18.4 Å². The standard InChI is InChI=1S/C23H25N3O3S2/c1-17-3-5-18(6-4-17)15-26(16-19-7-13-22(14-8-19)31(24,28)29)23(27)25-20-9-11-21(30-2)12-10-20/h3-14H,15-16H2,1-2H3,(H,25,27)(H2,24,28,29). The van der Waals surface area contributed by atoms with Crippen molar-refractivity contribution in [1.29, 1.82) is 0 Å². The molecule has 0 fully saturated rings. The smallest absolute Gasteiger partial charge is 0.316 e. The van der Waals surface area contributed by atoms with Crippen molar-refractivity contribution in [1.82, 2.24) is 4.90 Å². The lowest BCUT2D eigenvalue weighted by molar-refractivity contribution is 0.206. The van der Waals surface area contributed by atoms with Crippen molar-refractivity contribution in [3.8, 4) is 0 Å². The van der Waals surface area contributed by atoms with Gasteiger partial charge < -0.3 is 10.2 Å². The van der Waals surface area contributed by atoms with Gasteiger partial charge in [-0.05, 0) is 60.7 Å². The van der Waals surface area contributed by atoms with Crippen molar-refractivity contribution < 1.29 is 13.2 Å². The molecular weight excluding hydrogens is 430 g/mol. The van der Waals surface area contributed by atoms with Gasteiger partial charge in [0.05, 0.1) is 4.90 Å². The first-order valence-corrected chi connectivity index (χ1v) is 12.4. The Morgan fingerprint density at radius 1 is 0.903 bits per heavy atom. The molecule has 0 aliphatic heterocycles. The third-order valence-electron chi connectivity index (χ3n) is 4.75. The van der Waals surface area contributed by atoms with Crippen LogP contribution in [0.5, 0.6) is 0 Å². The molecule has 3 N–H and O–H groups in total. The molecule has 0 aromatic heterocycles. The van der Waals surface area contributed by atoms with Gasteiger partial charge in [0.1, 0.15) is 0 Å². The summed E-state index contributed by atoms with van der Waals surface area (Å²) in [6.45, 7) is 2.74. The number of sulfonamides is 1. The maximum absolute atomic E-state index is 13.1. The highest BCUT2D eigenvalue weighted by Gasteiger charge is 2.16. The van der Waals surface area contributed by atoms with Crippen molar-refractivity contribution >= 4 is 33.5 Å². The Labute approximate surface area is 187 Å². The zero-order chi connectivity index (χ0) is 22.4. The number of urea groups is 1. The van der Waals surface area contributed by atoms with E-state index in [1.807, 2.05) is 61.7 Å². The largest absolute Gasteiger partial charge is 0.322 e. The number of nitrogens with two attached hydrogens (primary N) is 1. The summed E-state index contributed by atoms with van der Waals surface area (Å²) in [5, 5.41) is 8.12. The van der Waals surface area contributed by atoms with E-state index in [1.165, 1.54) is 12.1 Å². The summed E-state index contributed by atoms with van der Waals surface area (Å²) >= 11 is 1.64. The number of rotatable bonds is 7. The number of anilines is 1. The SMILES string of the molecule is CSc1ccc(NC(=O)N(Cc2ccc(C)cc2)Cc2ccc(S(N)(=O)=O)cc2)cc1. The Morgan fingerprint density at radius 3 is 1.90 bits per heavy atom. The van der Waals surface area contributed by atoms with E-state index in [0.29, 0.717) is 18.8 Å². The molecule has 0 saturated carbocycles. The van der Waals surface area contributed by atoms with Gasteiger partial charge in [0.25, 0.3) is 0 Å². The van der Waals surface area contributed by atoms with Crippen molar-refractivity contribution in [3.63, 3.8) is 0 Å². The summed E-state index contributed by atoms with van der Waals surface area (Å²) in [5.41, 5.74) is 3.65. The lowest BCUT2D eigenvalue weighted by Crippen LogP contribution is -2.34. The first-order chi connectivity index (χ1) is 14.7. The minimum absolute atomic E-state index is 0.0414. The minimum atomic E-state index is -3.76. The first kappa shape index (κ1) is 22.9. The summed E-state index contributed by atoms with van der Waals surface area (Å²) in [4.78, 5) is 15.9. The molecule has 0 bridgehead atoms. The Bertz CT molecular complexity index is 1130. The van der Waals surface area contributed by atoms with Gasteiger partial charge >= 0.3 is 6.03 Å². The summed E-state index contributed by atoms with van der Waals surface area (Å²) in [6.07, 6.45) is 2.00. The number of carbonyl (C=O) groups excluding carboxylic acids is 1. The van der Waals surface area contributed by atoms with Gasteiger partial charge in [-0.3, -0.25) is 0 Å². The monoisotopic (exact) mass is 455 g/mol. The maximum Gasteiger partial charge on any atom is 0.322 e. The predicted molar refractivity (Wildman–Crippen MR) is 125 cm³/mol. The van der Waals surface area contributed by atoms with Gasteiger partial charge in [0.15, 0.2) is 0 Å². The summed E-state index contributed by atoms with van der Waals surface area (Å²) in [7, 11) is -3.76. The van der Waals surface area contributed by atoms with Crippen molar-refractivity contribution in [2.45, 2.75) is 29.8 Å². The van der Waals surface area contributed by atoms with Crippen molar-refractivity contribution in [2.75, 3.05) is 11.6 Å². The average molecular weight is 456 g/mol. The molecule has 0 aliphatic carbocycles. The number of nitrogens with one attached hydrogen (secondary N) is 1. The zero-order valence-corrected chi connectivity index (χ0v) is 19.0. The zero-order valence-electron chi connectivity index (χ0n) is 17.4. The number of aryl methyl sites for hydroxylation is 1. The molecule has 3 rings (SSSR count). The van der Waals surface area contributed by atoms with Crippen LogP contribution in [0.1, 0.15) is 16.7 Å². The first-order valence-electron chi connectivity index (χ1n) is 9.62. The molecule has 0 spiro atoms. The second-order valence-corrected chi connectivity index (χ2v) is 9.63. The van der Waals surface area contributed by atoms with Crippen LogP contribution in [0.2, 0.25) is 0 Å². The molecule has 3 aromatic rings. The van der Waals surface area contributed by atoms with Crippen LogP contribution in [0, 0.1) is 6.92 Å². The van der Waals surface area contributed by atoms with E-state index in [2.05, 4.69) is 5.32 Å². The van der Waals surface area contributed by atoms with E-state index in [9.17, 15) is 13.2 Å². The summed E-state index contributed by atoms with van der Waals surface area (Å²) in [6, 6.07) is 21.7. The number of hydrogen-bond acceptors (Lipinski definition) is 4. The van der Waals surface area contributed by atoms with Crippen LogP contribution < -0.4 is 10.5 Å². The average Bonchev–Trinajstić information content (AvgIpc) is 2.75. The van der Waals surface area contributed by atoms with E-state index >= 15 is 0 Å². The van der Waals surface area contributed by atoms with Gasteiger partial charge in [0.2, 0.25) is 10.0 Å². The van der Waals surface area contributed by atoms with Crippen LogP contribution >= 0.6 is 11.8 Å². The Hall–Kier alpha value is -2.81. The van der Waals surface area contributed by atoms with Gasteiger partial charge in [-0.1, -0.05) is 42.0 Å². The Balaban J connectivity index is 1.80. The summed E-state index contributed by atoms with van der Waals surface area (Å²) < 4.78 is 23.0. The number of benzene rings is 3. The second kappa shape index (κ2) is 10.00. The lowest BCUT2D eigenvalue weighted by Gasteiger charge is -2.24. The second-order valence-electron chi connectivity index (χ2n) is 7.19. The van der Waals surface area contributed by atoms with Crippen LogP contribution in [0.3, 0.4) is 0 Å². The fourth-order valence-corrected chi connectivity index (χ4v) is 3.92. The highest BCUT2D eigenvalue weighted by atomic mass is 32.2. The fourth-order valence-electron chi connectivity index (χ4n) is 3.00. The van der Waals surface area contributed by atoms with Gasteiger partial charge in [-0.2, -0.15) is 0 Å². The molecule has 31 heavy (non-hydrogen) atoms. The molecule has 3 aromatic carbocycles. The number of carbonyl (C=O) groups is 1. The summed E-state index contributed by atoms with van der Waals surface area (Å²) in [5.74, 6) is 0. The van der Waals surface area contributed by atoms with Crippen molar-refractivity contribution in [3.05, 3.63) is 89.5 Å². The molecule has 0 radical (unpaired) electrons. The highest BCUT2D eigenvalue weighted by Crippen LogP contribution is 2.19. The van der Waals surface area contributed by atoms with Crippen LogP contribution in [0.4, 0.5) is 10.5 Å². The predicted octanol–water partition coefficient (Wildman–Crippen LogP) is 4.60. The number of primary sulfonamides is 1. The van der Waals surface area contributed by atoms with Gasteiger partial charge in [0, 0.05) is 23.7 Å². The van der Waals surface area contributed by atoms with E-state index in [0.717, 1.165) is 21.6 Å².